The van der Waals surface area contributed by atoms with Crippen molar-refractivity contribution in [2.45, 2.75) is 39.9 Å². The van der Waals surface area contributed by atoms with Crippen LogP contribution in [0.5, 0.6) is 5.75 Å². The number of hydrogen-bond acceptors (Lipinski definition) is 3. The highest BCUT2D eigenvalue weighted by atomic mass is 19.3. The molecule has 4 nitrogen and oxygen atoms in total. The summed E-state index contributed by atoms with van der Waals surface area (Å²) in [6, 6.07) is 10.9. The van der Waals surface area contributed by atoms with Crippen LogP contribution in [0.1, 0.15) is 42.0 Å². The molecule has 0 N–H and O–H groups in total. The second kappa shape index (κ2) is 7.64. The Morgan fingerprint density at radius 1 is 1.15 bits per heavy atom. The summed E-state index contributed by atoms with van der Waals surface area (Å²) in [5.41, 5.74) is 4.28. The van der Waals surface area contributed by atoms with E-state index in [1.165, 1.54) is 0 Å². The van der Waals surface area contributed by atoms with Crippen LogP contribution < -0.4 is 4.74 Å². The van der Waals surface area contributed by atoms with E-state index in [1.54, 1.807) is 25.3 Å². The number of imidazole rings is 1. The Morgan fingerprint density at radius 2 is 1.78 bits per heavy atom. The van der Waals surface area contributed by atoms with Crippen molar-refractivity contribution in [2.24, 2.45) is 0 Å². The van der Waals surface area contributed by atoms with E-state index >= 15 is 0 Å². The minimum Gasteiger partial charge on any atom is -0.496 e. The number of nitrogens with zero attached hydrogens (tertiary/aromatic N) is 3. The van der Waals surface area contributed by atoms with Crippen molar-refractivity contribution < 1.29 is 13.5 Å². The van der Waals surface area contributed by atoms with E-state index in [4.69, 9.17) is 4.74 Å². The molecule has 0 fully saturated rings. The van der Waals surface area contributed by atoms with Crippen LogP contribution in [-0.4, -0.2) is 28.6 Å². The molecule has 0 saturated carbocycles. The van der Waals surface area contributed by atoms with Gasteiger partial charge in [-0.3, -0.25) is 9.47 Å². The number of fused-ring (bicyclic) bond motifs is 1. The molecule has 1 unspecified atom stereocenters. The molecule has 27 heavy (non-hydrogen) atoms. The second-order valence-electron chi connectivity index (χ2n) is 6.96. The third-order valence-corrected chi connectivity index (χ3v) is 5.01. The lowest BCUT2D eigenvalue weighted by atomic mass is 10.0. The fraction of sp³-hybridized carbons (Fsp3) is 0.381. The molecule has 144 valence electrons. The van der Waals surface area contributed by atoms with E-state index in [2.05, 4.69) is 17.1 Å². The number of rotatable bonds is 6. The summed E-state index contributed by atoms with van der Waals surface area (Å²) in [5, 5.41) is 0. The smallest absolute Gasteiger partial charge is 0.320 e. The third-order valence-electron chi connectivity index (χ3n) is 5.01. The third kappa shape index (κ3) is 3.67. The SMILES string of the molecule is COc1c(C)cc(CN(C)C(C)c2nc3ccccc3n2C(F)F)cc1C. The number of aryl methyl sites for hydroxylation is 2. The maximum atomic E-state index is 13.7. The van der Waals surface area contributed by atoms with Crippen LogP contribution in [0.4, 0.5) is 8.78 Å². The van der Waals surface area contributed by atoms with Crippen molar-refractivity contribution in [3.8, 4) is 5.75 Å². The van der Waals surface area contributed by atoms with Gasteiger partial charge in [0.2, 0.25) is 0 Å². The maximum Gasteiger partial charge on any atom is 0.320 e. The number of hydrogen-bond donors (Lipinski definition) is 0. The Balaban J connectivity index is 1.91. The van der Waals surface area contributed by atoms with Crippen molar-refractivity contribution in [2.75, 3.05) is 14.2 Å². The molecule has 0 spiro atoms. The summed E-state index contributed by atoms with van der Waals surface area (Å²) in [5.74, 6) is 1.25. The quantitative estimate of drug-likeness (QED) is 0.591. The largest absolute Gasteiger partial charge is 0.496 e. The summed E-state index contributed by atoms with van der Waals surface area (Å²) in [6.45, 7) is 3.92. The molecule has 0 amide bonds. The van der Waals surface area contributed by atoms with Crippen molar-refractivity contribution in [3.05, 3.63) is 58.9 Å². The highest BCUT2D eigenvalue weighted by molar-refractivity contribution is 5.76. The van der Waals surface area contributed by atoms with E-state index in [0.717, 1.165) is 27.0 Å². The molecular formula is C21H25F2N3O. The van der Waals surface area contributed by atoms with Gasteiger partial charge >= 0.3 is 6.55 Å². The van der Waals surface area contributed by atoms with E-state index in [-0.39, 0.29) is 6.04 Å². The molecule has 0 aliphatic carbocycles. The zero-order valence-corrected chi connectivity index (χ0v) is 16.3. The minimum atomic E-state index is -2.63. The zero-order valence-electron chi connectivity index (χ0n) is 16.3. The van der Waals surface area contributed by atoms with Gasteiger partial charge in [0.05, 0.1) is 24.2 Å². The molecule has 1 aromatic heterocycles. The molecule has 3 aromatic rings. The first-order valence-corrected chi connectivity index (χ1v) is 8.92. The number of para-hydroxylation sites is 2. The first-order valence-electron chi connectivity index (χ1n) is 8.92. The molecule has 0 radical (unpaired) electrons. The average Bonchev–Trinajstić information content (AvgIpc) is 3.00. The Kier molecular flexibility index (Phi) is 5.46. The number of benzene rings is 2. The summed E-state index contributed by atoms with van der Waals surface area (Å²) in [7, 11) is 3.59. The molecule has 2 aromatic carbocycles. The van der Waals surface area contributed by atoms with Gasteiger partial charge in [-0.15, -0.1) is 0 Å². The number of aromatic nitrogens is 2. The van der Waals surface area contributed by atoms with Gasteiger partial charge in [-0.05, 0) is 56.6 Å². The zero-order chi connectivity index (χ0) is 19.7. The standard InChI is InChI=1S/C21H25F2N3O/c1-13-10-16(11-14(2)19(13)27-5)12-25(4)15(3)20-24-17-8-6-7-9-18(17)26(20)21(22)23/h6-11,15,21H,12H2,1-5H3. The molecule has 1 atom stereocenters. The Labute approximate surface area is 158 Å². The molecule has 6 heteroatoms. The van der Waals surface area contributed by atoms with Crippen molar-refractivity contribution >= 4 is 11.0 Å². The van der Waals surface area contributed by atoms with E-state index in [0.29, 0.717) is 23.4 Å². The normalized spacial score (nSPS) is 12.9. The molecule has 0 aliphatic rings. The Bertz CT molecular complexity index is 929. The van der Waals surface area contributed by atoms with E-state index in [1.807, 2.05) is 38.8 Å². The molecule has 1 heterocycles. The van der Waals surface area contributed by atoms with Crippen LogP contribution in [0.15, 0.2) is 36.4 Å². The number of alkyl halides is 2. The van der Waals surface area contributed by atoms with Gasteiger partial charge in [0, 0.05) is 6.54 Å². The van der Waals surface area contributed by atoms with Gasteiger partial charge in [0.25, 0.3) is 0 Å². The lowest BCUT2D eigenvalue weighted by Gasteiger charge is -2.25. The van der Waals surface area contributed by atoms with Gasteiger partial charge in [0.15, 0.2) is 0 Å². The summed E-state index contributed by atoms with van der Waals surface area (Å²) in [6.07, 6.45) is 0. The van der Waals surface area contributed by atoms with E-state index in [9.17, 15) is 8.78 Å². The van der Waals surface area contributed by atoms with Gasteiger partial charge in [-0.25, -0.2) is 4.98 Å². The van der Waals surface area contributed by atoms with Crippen molar-refractivity contribution in [1.29, 1.82) is 0 Å². The number of halogens is 2. The molecule has 0 saturated heterocycles. The molecule has 0 bridgehead atoms. The first-order chi connectivity index (χ1) is 12.8. The predicted molar refractivity (Wildman–Crippen MR) is 103 cm³/mol. The number of methoxy groups -OCH3 is 1. The van der Waals surface area contributed by atoms with Gasteiger partial charge < -0.3 is 4.74 Å². The lowest BCUT2D eigenvalue weighted by Crippen LogP contribution is -2.25. The van der Waals surface area contributed by atoms with Crippen LogP contribution in [0.2, 0.25) is 0 Å². The summed E-state index contributed by atoms with van der Waals surface area (Å²) in [4.78, 5) is 6.51. The minimum absolute atomic E-state index is 0.269. The predicted octanol–water partition coefficient (Wildman–Crippen LogP) is 5.25. The van der Waals surface area contributed by atoms with Crippen LogP contribution in [0.25, 0.3) is 11.0 Å². The summed E-state index contributed by atoms with van der Waals surface area (Å²) >= 11 is 0. The highest BCUT2D eigenvalue weighted by Gasteiger charge is 2.24. The Hall–Kier alpha value is -2.47. The van der Waals surface area contributed by atoms with Gasteiger partial charge in [-0.2, -0.15) is 8.78 Å². The second-order valence-corrected chi connectivity index (χ2v) is 6.96. The fourth-order valence-electron chi connectivity index (χ4n) is 3.64. The average molecular weight is 373 g/mol. The van der Waals surface area contributed by atoms with E-state index < -0.39 is 6.55 Å². The molecular weight excluding hydrogens is 348 g/mol. The fourth-order valence-corrected chi connectivity index (χ4v) is 3.64. The first kappa shape index (κ1) is 19.3. The van der Waals surface area contributed by atoms with Crippen LogP contribution >= 0.6 is 0 Å². The maximum absolute atomic E-state index is 13.7. The Morgan fingerprint density at radius 3 is 2.37 bits per heavy atom. The van der Waals surface area contributed by atoms with Gasteiger partial charge in [-0.1, -0.05) is 24.3 Å². The molecule has 0 aliphatic heterocycles. The van der Waals surface area contributed by atoms with Crippen molar-refractivity contribution in [1.82, 2.24) is 14.5 Å². The monoisotopic (exact) mass is 373 g/mol. The molecule has 3 rings (SSSR count). The van der Waals surface area contributed by atoms with Crippen LogP contribution in [0.3, 0.4) is 0 Å². The number of ether oxygens (including phenoxy) is 1. The summed E-state index contributed by atoms with van der Waals surface area (Å²) < 4.78 is 33.9. The lowest BCUT2D eigenvalue weighted by molar-refractivity contribution is 0.0657. The van der Waals surface area contributed by atoms with Crippen molar-refractivity contribution in [3.63, 3.8) is 0 Å². The van der Waals surface area contributed by atoms with Gasteiger partial charge in [0.1, 0.15) is 11.6 Å². The van der Waals surface area contributed by atoms with Crippen LogP contribution in [-0.2, 0) is 6.54 Å². The topological polar surface area (TPSA) is 30.3 Å². The van der Waals surface area contributed by atoms with Crippen LogP contribution in [0, 0.1) is 13.8 Å². The highest BCUT2D eigenvalue weighted by Crippen LogP contribution is 2.30.